The summed E-state index contributed by atoms with van der Waals surface area (Å²) < 4.78 is 5.30. The summed E-state index contributed by atoms with van der Waals surface area (Å²) in [6.45, 7) is 8.65. The maximum absolute atomic E-state index is 12.7. The Morgan fingerprint density at radius 1 is 1.41 bits per heavy atom. The van der Waals surface area contributed by atoms with Crippen LogP contribution in [0, 0.1) is 10.8 Å². The summed E-state index contributed by atoms with van der Waals surface area (Å²) in [4.78, 5) is 12.7. The van der Waals surface area contributed by atoms with Gasteiger partial charge < -0.3 is 15.4 Å². The van der Waals surface area contributed by atoms with Crippen LogP contribution in [0.4, 0.5) is 5.82 Å². The number of rotatable bonds is 5. The molecule has 0 bridgehead atoms. The van der Waals surface area contributed by atoms with E-state index in [1.54, 1.807) is 7.11 Å². The van der Waals surface area contributed by atoms with Crippen molar-refractivity contribution in [3.63, 3.8) is 0 Å². The van der Waals surface area contributed by atoms with Crippen molar-refractivity contribution in [2.24, 2.45) is 10.8 Å². The Morgan fingerprint density at radius 2 is 2.09 bits per heavy atom. The Kier molecular flexibility index (Phi) is 5.24. The van der Waals surface area contributed by atoms with Crippen molar-refractivity contribution >= 4 is 11.7 Å². The van der Waals surface area contributed by atoms with Gasteiger partial charge in [-0.1, -0.05) is 20.8 Å². The van der Waals surface area contributed by atoms with Gasteiger partial charge in [0.15, 0.2) is 5.82 Å². The fraction of sp³-hybridized carbons (Fsp3) is 0.750. The third-order valence-electron chi connectivity index (χ3n) is 4.06. The predicted molar refractivity (Wildman–Crippen MR) is 86.8 cm³/mol. The van der Waals surface area contributed by atoms with E-state index in [1.807, 2.05) is 6.07 Å². The Morgan fingerprint density at radius 3 is 2.68 bits per heavy atom. The van der Waals surface area contributed by atoms with Gasteiger partial charge in [-0.05, 0) is 37.8 Å². The maximum Gasteiger partial charge on any atom is 0.234 e. The van der Waals surface area contributed by atoms with E-state index in [-0.39, 0.29) is 11.3 Å². The van der Waals surface area contributed by atoms with Crippen LogP contribution < -0.4 is 10.6 Å². The lowest BCUT2D eigenvalue weighted by Gasteiger charge is -2.35. The molecule has 1 amide bonds. The first-order chi connectivity index (χ1) is 10.3. The molecule has 1 aromatic heterocycles. The smallest absolute Gasteiger partial charge is 0.234 e. The van der Waals surface area contributed by atoms with Gasteiger partial charge in [0.2, 0.25) is 5.91 Å². The molecule has 0 spiro atoms. The van der Waals surface area contributed by atoms with Crippen molar-refractivity contribution in [3.05, 3.63) is 11.8 Å². The van der Waals surface area contributed by atoms with Crippen LogP contribution in [0.1, 0.15) is 39.3 Å². The molecule has 22 heavy (non-hydrogen) atoms. The standard InChI is InChI=1S/C16H28N4O2/c1-15(2,3)10-12-9-13(20-19-12)18-14(21)16(11-22-4)5-7-17-8-6-16/h9,17H,5-8,10-11H2,1-4H3,(H2,18,19,20,21). The van der Waals surface area contributed by atoms with Gasteiger partial charge in [-0.25, -0.2) is 0 Å². The highest BCUT2D eigenvalue weighted by Gasteiger charge is 2.39. The molecule has 3 N–H and O–H groups in total. The maximum atomic E-state index is 12.7. The molecule has 1 aromatic rings. The molecule has 1 saturated heterocycles. The molecule has 0 unspecified atom stereocenters. The predicted octanol–water partition coefficient (Wildman–Crippen LogP) is 1.95. The lowest BCUT2D eigenvalue weighted by Crippen LogP contribution is -2.47. The summed E-state index contributed by atoms with van der Waals surface area (Å²) in [6.07, 6.45) is 2.46. The van der Waals surface area contributed by atoms with Gasteiger partial charge in [0.05, 0.1) is 12.0 Å². The molecule has 1 fully saturated rings. The molecular weight excluding hydrogens is 280 g/mol. The SMILES string of the molecule is COCC1(C(=O)Nc2cc(CC(C)(C)C)[nH]n2)CCNCC1. The largest absolute Gasteiger partial charge is 0.384 e. The molecule has 0 aromatic carbocycles. The minimum Gasteiger partial charge on any atom is -0.384 e. The number of anilines is 1. The first-order valence-electron chi connectivity index (χ1n) is 7.90. The zero-order chi connectivity index (χ0) is 16.2. The van der Waals surface area contributed by atoms with Crippen LogP contribution in [0.25, 0.3) is 0 Å². The van der Waals surface area contributed by atoms with Crippen molar-refractivity contribution in [1.82, 2.24) is 15.5 Å². The van der Waals surface area contributed by atoms with Crippen molar-refractivity contribution in [2.45, 2.75) is 40.0 Å². The molecule has 2 rings (SSSR count). The van der Waals surface area contributed by atoms with Gasteiger partial charge in [-0.2, -0.15) is 5.10 Å². The minimum atomic E-state index is -0.455. The average Bonchev–Trinajstić information content (AvgIpc) is 2.85. The minimum absolute atomic E-state index is 0.00431. The van der Waals surface area contributed by atoms with Crippen molar-refractivity contribution in [2.75, 3.05) is 32.1 Å². The van der Waals surface area contributed by atoms with E-state index in [0.717, 1.165) is 38.0 Å². The molecular formula is C16H28N4O2. The second-order valence-corrected chi connectivity index (χ2v) is 7.43. The lowest BCUT2D eigenvalue weighted by molar-refractivity contribution is -0.130. The molecule has 0 aliphatic carbocycles. The number of methoxy groups -OCH3 is 1. The van der Waals surface area contributed by atoms with Crippen LogP contribution in [-0.4, -0.2) is 42.9 Å². The highest BCUT2D eigenvalue weighted by Crippen LogP contribution is 2.31. The van der Waals surface area contributed by atoms with E-state index in [9.17, 15) is 4.79 Å². The average molecular weight is 308 g/mol. The van der Waals surface area contributed by atoms with Crippen LogP contribution in [0.3, 0.4) is 0 Å². The first kappa shape index (κ1) is 17.0. The molecule has 6 heteroatoms. The summed E-state index contributed by atoms with van der Waals surface area (Å²) in [5, 5.41) is 13.5. The van der Waals surface area contributed by atoms with Gasteiger partial charge in [0.25, 0.3) is 0 Å². The van der Waals surface area contributed by atoms with E-state index < -0.39 is 5.41 Å². The van der Waals surface area contributed by atoms with Gasteiger partial charge in [-0.3, -0.25) is 9.89 Å². The number of carbonyl (C=O) groups excluding carboxylic acids is 1. The third-order valence-corrected chi connectivity index (χ3v) is 4.06. The highest BCUT2D eigenvalue weighted by atomic mass is 16.5. The molecule has 0 saturated carbocycles. The lowest BCUT2D eigenvalue weighted by atomic mass is 9.78. The van der Waals surface area contributed by atoms with Crippen LogP contribution >= 0.6 is 0 Å². The molecule has 1 aliphatic heterocycles. The molecule has 1 aliphatic rings. The fourth-order valence-corrected chi connectivity index (χ4v) is 2.96. The normalized spacial score (nSPS) is 18.2. The summed E-state index contributed by atoms with van der Waals surface area (Å²) in [6, 6.07) is 1.92. The summed E-state index contributed by atoms with van der Waals surface area (Å²) in [7, 11) is 1.65. The second-order valence-electron chi connectivity index (χ2n) is 7.43. The third kappa shape index (κ3) is 4.30. The Balaban J connectivity index is 2.03. The zero-order valence-electron chi connectivity index (χ0n) is 14.1. The number of aromatic nitrogens is 2. The molecule has 2 heterocycles. The highest BCUT2D eigenvalue weighted by molar-refractivity contribution is 5.94. The number of ether oxygens (including phenoxy) is 1. The molecule has 124 valence electrons. The van der Waals surface area contributed by atoms with E-state index in [1.165, 1.54) is 0 Å². The number of carbonyl (C=O) groups is 1. The molecule has 6 nitrogen and oxygen atoms in total. The van der Waals surface area contributed by atoms with Gasteiger partial charge in [0.1, 0.15) is 0 Å². The number of aromatic amines is 1. The summed E-state index contributed by atoms with van der Waals surface area (Å²) in [5.74, 6) is 0.600. The number of hydrogen-bond acceptors (Lipinski definition) is 4. The number of nitrogens with zero attached hydrogens (tertiary/aromatic N) is 1. The van der Waals surface area contributed by atoms with Gasteiger partial charge in [0, 0.05) is 18.9 Å². The van der Waals surface area contributed by atoms with Crippen molar-refractivity contribution in [1.29, 1.82) is 0 Å². The van der Waals surface area contributed by atoms with Crippen molar-refractivity contribution < 1.29 is 9.53 Å². The topological polar surface area (TPSA) is 79.0 Å². The number of hydrogen-bond donors (Lipinski definition) is 3. The monoisotopic (exact) mass is 308 g/mol. The van der Waals surface area contributed by atoms with Crippen molar-refractivity contribution in [3.8, 4) is 0 Å². The van der Waals surface area contributed by atoms with E-state index in [2.05, 4.69) is 41.6 Å². The quantitative estimate of drug-likeness (QED) is 0.777. The van der Waals surface area contributed by atoms with Crippen LogP contribution in [0.5, 0.6) is 0 Å². The summed E-state index contributed by atoms with van der Waals surface area (Å²) in [5.41, 5.74) is 0.761. The van der Waals surface area contributed by atoms with Crippen LogP contribution in [0.15, 0.2) is 6.07 Å². The molecule has 0 radical (unpaired) electrons. The Bertz CT molecular complexity index is 493. The Labute approximate surface area is 132 Å². The number of piperidine rings is 1. The zero-order valence-corrected chi connectivity index (χ0v) is 14.1. The summed E-state index contributed by atoms with van der Waals surface area (Å²) >= 11 is 0. The first-order valence-corrected chi connectivity index (χ1v) is 7.90. The second kappa shape index (κ2) is 6.79. The van der Waals surface area contributed by atoms with Crippen LogP contribution in [0.2, 0.25) is 0 Å². The number of amides is 1. The number of H-pyrrole nitrogens is 1. The van der Waals surface area contributed by atoms with Gasteiger partial charge in [-0.15, -0.1) is 0 Å². The van der Waals surface area contributed by atoms with E-state index in [4.69, 9.17) is 4.74 Å². The van der Waals surface area contributed by atoms with E-state index >= 15 is 0 Å². The number of nitrogens with one attached hydrogen (secondary N) is 3. The van der Waals surface area contributed by atoms with Crippen LogP contribution in [-0.2, 0) is 16.0 Å². The Hall–Kier alpha value is -1.40. The van der Waals surface area contributed by atoms with E-state index in [0.29, 0.717) is 12.4 Å². The van der Waals surface area contributed by atoms with Gasteiger partial charge >= 0.3 is 0 Å². The fourth-order valence-electron chi connectivity index (χ4n) is 2.96. The molecule has 0 atom stereocenters.